The molecule has 2 saturated carbocycles. The van der Waals surface area contributed by atoms with Crippen molar-refractivity contribution in [3.63, 3.8) is 0 Å². The summed E-state index contributed by atoms with van der Waals surface area (Å²) >= 11 is 0. The molecule has 2 aliphatic carbocycles. The molecule has 0 N–H and O–H groups in total. The van der Waals surface area contributed by atoms with E-state index in [0.29, 0.717) is 11.8 Å². The Kier molecular flexibility index (Phi) is 3.07. The molecule has 2 aliphatic rings. The monoisotopic (exact) mass is 264 g/mol. The minimum atomic E-state index is -0.636. The Morgan fingerprint density at radius 3 is 2.84 bits per heavy atom. The number of rotatable bonds is 4. The van der Waals surface area contributed by atoms with Gasteiger partial charge in [-0.05, 0) is 38.0 Å². The largest absolute Gasteiger partial charge is 0.468 e. The first-order valence-electron chi connectivity index (χ1n) is 7.12. The minimum absolute atomic E-state index is 0.249. The highest BCUT2D eigenvalue weighted by molar-refractivity contribution is 5.85. The van der Waals surface area contributed by atoms with Crippen LogP contribution >= 0.6 is 0 Å². The maximum Gasteiger partial charge on any atom is 0.321 e. The van der Waals surface area contributed by atoms with Crippen molar-refractivity contribution in [2.75, 3.05) is 7.11 Å². The van der Waals surface area contributed by atoms with Gasteiger partial charge in [0.05, 0.1) is 7.11 Å². The van der Waals surface area contributed by atoms with Gasteiger partial charge >= 0.3 is 5.97 Å². The summed E-state index contributed by atoms with van der Waals surface area (Å²) in [4.78, 5) is 16.3. The van der Waals surface area contributed by atoms with Crippen molar-refractivity contribution in [1.82, 2.24) is 10.1 Å². The Balaban J connectivity index is 1.76. The molecular formula is C14H20N2O3. The zero-order valence-electron chi connectivity index (χ0n) is 11.5. The Labute approximate surface area is 112 Å². The fraction of sp³-hybridized carbons (Fsp3) is 0.786. The molecule has 0 bridgehead atoms. The van der Waals surface area contributed by atoms with Gasteiger partial charge < -0.3 is 9.26 Å². The molecule has 2 unspecified atom stereocenters. The zero-order valence-corrected chi connectivity index (χ0v) is 11.5. The van der Waals surface area contributed by atoms with Crippen molar-refractivity contribution in [2.45, 2.75) is 56.8 Å². The molecule has 1 aromatic heterocycles. The van der Waals surface area contributed by atoms with Gasteiger partial charge in [0.2, 0.25) is 5.89 Å². The fourth-order valence-corrected chi connectivity index (χ4v) is 3.10. The van der Waals surface area contributed by atoms with E-state index in [1.807, 2.05) is 0 Å². The predicted octanol–water partition coefficient (Wildman–Crippen LogP) is 2.57. The number of ether oxygens (including phenoxy) is 1. The van der Waals surface area contributed by atoms with Gasteiger partial charge in [0.25, 0.3) is 0 Å². The molecule has 2 atom stereocenters. The first-order chi connectivity index (χ1) is 9.19. The fourth-order valence-electron chi connectivity index (χ4n) is 3.10. The molecule has 1 heterocycles. The molecule has 0 aromatic carbocycles. The topological polar surface area (TPSA) is 65.2 Å². The lowest BCUT2D eigenvalue weighted by molar-refractivity contribution is -0.144. The van der Waals surface area contributed by atoms with Gasteiger partial charge in [-0.2, -0.15) is 4.98 Å². The molecule has 0 amide bonds. The van der Waals surface area contributed by atoms with Gasteiger partial charge in [0.15, 0.2) is 5.82 Å². The van der Waals surface area contributed by atoms with Crippen molar-refractivity contribution in [2.24, 2.45) is 5.92 Å². The second-order valence-corrected chi connectivity index (χ2v) is 5.82. The molecule has 0 aliphatic heterocycles. The molecule has 0 radical (unpaired) electrons. The van der Waals surface area contributed by atoms with Crippen LogP contribution in [0.5, 0.6) is 0 Å². The number of hydrogen-bond donors (Lipinski definition) is 0. The molecule has 1 aromatic rings. The van der Waals surface area contributed by atoms with Gasteiger partial charge in [0.1, 0.15) is 5.41 Å². The third-order valence-corrected chi connectivity index (χ3v) is 4.66. The Morgan fingerprint density at radius 2 is 2.26 bits per heavy atom. The Hall–Kier alpha value is -1.39. The van der Waals surface area contributed by atoms with Crippen LogP contribution in [0, 0.1) is 5.92 Å². The van der Waals surface area contributed by atoms with Crippen LogP contribution in [0.2, 0.25) is 0 Å². The summed E-state index contributed by atoms with van der Waals surface area (Å²) in [7, 11) is 1.41. The number of hydrogen-bond acceptors (Lipinski definition) is 5. The van der Waals surface area contributed by atoms with Gasteiger partial charge in [-0.3, -0.25) is 4.79 Å². The summed E-state index contributed by atoms with van der Waals surface area (Å²) in [6, 6.07) is 0. The van der Waals surface area contributed by atoms with Crippen molar-refractivity contribution in [1.29, 1.82) is 0 Å². The third-order valence-electron chi connectivity index (χ3n) is 4.66. The highest BCUT2D eigenvalue weighted by Gasteiger charge is 2.57. The predicted molar refractivity (Wildman–Crippen MR) is 67.6 cm³/mol. The first kappa shape index (κ1) is 12.6. The highest BCUT2D eigenvalue weighted by Crippen LogP contribution is 2.49. The zero-order chi connectivity index (χ0) is 13.5. The van der Waals surface area contributed by atoms with Crippen LogP contribution in [0.3, 0.4) is 0 Å². The molecular weight excluding hydrogens is 244 g/mol. The van der Waals surface area contributed by atoms with Crippen LogP contribution in [0.4, 0.5) is 0 Å². The van der Waals surface area contributed by atoms with E-state index >= 15 is 0 Å². The van der Waals surface area contributed by atoms with E-state index < -0.39 is 5.41 Å². The minimum Gasteiger partial charge on any atom is -0.468 e. The summed E-state index contributed by atoms with van der Waals surface area (Å²) in [6.45, 7) is 2.23. The molecule has 19 heavy (non-hydrogen) atoms. The van der Waals surface area contributed by atoms with Crippen LogP contribution < -0.4 is 0 Å². The van der Waals surface area contributed by atoms with Crippen LogP contribution in [0.25, 0.3) is 0 Å². The molecule has 3 rings (SSSR count). The maximum atomic E-state index is 11.8. The number of nitrogens with zero attached hydrogens (tertiary/aromatic N) is 2. The van der Waals surface area contributed by atoms with E-state index in [2.05, 4.69) is 17.1 Å². The SMILES string of the molecule is CCC1CCC(c2noc(C3(C(=O)OC)CC3)n2)C1. The van der Waals surface area contributed by atoms with Crippen LogP contribution in [-0.2, 0) is 14.9 Å². The van der Waals surface area contributed by atoms with Crippen molar-refractivity contribution in [3.8, 4) is 0 Å². The first-order valence-corrected chi connectivity index (χ1v) is 7.12. The van der Waals surface area contributed by atoms with E-state index in [9.17, 15) is 4.79 Å². The van der Waals surface area contributed by atoms with E-state index in [0.717, 1.165) is 37.4 Å². The summed E-state index contributed by atoms with van der Waals surface area (Å²) in [5.74, 6) is 2.16. The third kappa shape index (κ3) is 2.05. The lowest BCUT2D eigenvalue weighted by Gasteiger charge is -2.06. The lowest BCUT2D eigenvalue weighted by atomic mass is 10.0. The maximum absolute atomic E-state index is 11.8. The van der Waals surface area contributed by atoms with Crippen molar-refractivity contribution in [3.05, 3.63) is 11.7 Å². The quantitative estimate of drug-likeness (QED) is 0.782. The normalized spacial score (nSPS) is 28.3. The average Bonchev–Trinajstić information content (AvgIpc) is 2.91. The van der Waals surface area contributed by atoms with Gasteiger partial charge in [0, 0.05) is 5.92 Å². The average molecular weight is 264 g/mol. The lowest BCUT2D eigenvalue weighted by Crippen LogP contribution is -2.22. The summed E-state index contributed by atoms with van der Waals surface area (Å²) in [5, 5.41) is 4.10. The summed E-state index contributed by atoms with van der Waals surface area (Å²) in [5.41, 5.74) is -0.636. The number of methoxy groups -OCH3 is 1. The Morgan fingerprint density at radius 1 is 1.47 bits per heavy atom. The van der Waals surface area contributed by atoms with Crippen LogP contribution in [0.15, 0.2) is 4.52 Å². The van der Waals surface area contributed by atoms with E-state index in [1.54, 1.807) is 0 Å². The molecule has 104 valence electrons. The number of carbonyl (C=O) groups excluding carboxylic acids is 1. The number of carbonyl (C=O) groups is 1. The summed E-state index contributed by atoms with van der Waals surface area (Å²) < 4.78 is 10.2. The van der Waals surface area contributed by atoms with E-state index in [4.69, 9.17) is 9.26 Å². The van der Waals surface area contributed by atoms with Gasteiger partial charge in [-0.15, -0.1) is 0 Å². The molecule has 0 saturated heterocycles. The number of aromatic nitrogens is 2. The number of esters is 1. The molecule has 5 nitrogen and oxygen atoms in total. The van der Waals surface area contributed by atoms with Crippen molar-refractivity contribution >= 4 is 5.97 Å². The van der Waals surface area contributed by atoms with Crippen LogP contribution in [-0.4, -0.2) is 23.2 Å². The molecule has 0 spiro atoms. The van der Waals surface area contributed by atoms with Gasteiger partial charge in [-0.25, -0.2) is 0 Å². The van der Waals surface area contributed by atoms with Gasteiger partial charge in [-0.1, -0.05) is 18.5 Å². The summed E-state index contributed by atoms with van der Waals surface area (Å²) in [6.07, 6.45) is 6.23. The van der Waals surface area contributed by atoms with E-state index in [1.165, 1.54) is 20.0 Å². The van der Waals surface area contributed by atoms with E-state index in [-0.39, 0.29) is 5.97 Å². The van der Waals surface area contributed by atoms with Crippen molar-refractivity contribution < 1.29 is 14.1 Å². The van der Waals surface area contributed by atoms with Crippen LogP contribution in [0.1, 0.15) is 63.1 Å². The molecule has 5 heteroatoms. The smallest absolute Gasteiger partial charge is 0.321 e. The molecule has 2 fully saturated rings. The standard InChI is InChI=1S/C14H20N2O3/c1-3-9-4-5-10(8-9)11-15-12(19-16-11)14(6-7-14)13(17)18-2/h9-10H,3-8H2,1-2H3. The Bertz CT molecular complexity index is 479. The highest BCUT2D eigenvalue weighted by atomic mass is 16.5. The second-order valence-electron chi connectivity index (χ2n) is 5.82. The second kappa shape index (κ2) is 4.62.